The molecule has 5 nitrogen and oxygen atoms in total. The summed E-state index contributed by atoms with van der Waals surface area (Å²) in [7, 11) is 0. The molecule has 0 aromatic heterocycles. The monoisotopic (exact) mass is 344 g/mol. The lowest BCUT2D eigenvalue weighted by Crippen LogP contribution is -2.48. The van der Waals surface area contributed by atoms with Crippen molar-refractivity contribution in [3.8, 4) is 0 Å². The lowest BCUT2D eigenvalue weighted by atomic mass is 9.68. The number of thioether (sulfide) groups is 1. The highest BCUT2D eigenvalue weighted by Gasteiger charge is 2.46. The molecule has 2 fully saturated rings. The van der Waals surface area contributed by atoms with E-state index in [9.17, 15) is 9.59 Å². The van der Waals surface area contributed by atoms with Gasteiger partial charge in [-0.05, 0) is 31.6 Å². The van der Waals surface area contributed by atoms with Crippen molar-refractivity contribution in [1.29, 1.82) is 0 Å². The Morgan fingerprint density at radius 1 is 1.30 bits per heavy atom. The number of esters is 2. The molecule has 1 unspecified atom stereocenters. The SMILES string of the molecule is CC(=O)OC1CS[C@@H](C(=O)O[C@]2(C)C[C@H](C)CC[C@H]2C(C)C)O1. The van der Waals surface area contributed by atoms with Gasteiger partial charge in [0.05, 0.1) is 5.75 Å². The Morgan fingerprint density at radius 3 is 2.61 bits per heavy atom. The molecule has 1 aliphatic carbocycles. The van der Waals surface area contributed by atoms with E-state index in [4.69, 9.17) is 14.2 Å². The maximum atomic E-state index is 12.5. The molecule has 1 saturated heterocycles. The van der Waals surface area contributed by atoms with Crippen molar-refractivity contribution < 1.29 is 23.8 Å². The van der Waals surface area contributed by atoms with Crippen molar-refractivity contribution >= 4 is 23.7 Å². The van der Waals surface area contributed by atoms with Gasteiger partial charge in [0.2, 0.25) is 11.7 Å². The van der Waals surface area contributed by atoms with E-state index in [1.807, 2.05) is 6.92 Å². The maximum absolute atomic E-state index is 12.5. The Labute approximate surface area is 142 Å². The van der Waals surface area contributed by atoms with Crippen molar-refractivity contribution in [3.05, 3.63) is 0 Å². The van der Waals surface area contributed by atoms with Gasteiger partial charge in [-0.2, -0.15) is 0 Å². The molecule has 132 valence electrons. The van der Waals surface area contributed by atoms with Crippen molar-refractivity contribution in [1.82, 2.24) is 0 Å². The summed E-state index contributed by atoms with van der Waals surface area (Å²) < 4.78 is 16.4. The van der Waals surface area contributed by atoms with E-state index in [1.165, 1.54) is 25.1 Å². The van der Waals surface area contributed by atoms with Crippen LogP contribution in [-0.4, -0.2) is 35.0 Å². The van der Waals surface area contributed by atoms with E-state index in [1.54, 1.807) is 0 Å². The van der Waals surface area contributed by atoms with Crippen LogP contribution in [0.5, 0.6) is 0 Å². The highest BCUT2D eigenvalue weighted by molar-refractivity contribution is 8.00. The van der Waals surface area contributed by atoms with Crippen LogP contribution < -0.4 is 0 Å². The summed E-state index contributed by atoms with van der Waals surface area (Å²) in [5, 5.41) is 0. The number of hydrogen-bond donors (Lipinski definition) is 0. The van der Waals surface area contributed by atoms with E-state index in [0.717, 1.165) is 12.8 Å². The van der Waals surface area contributed by atoms with Gasteiger partial charge in [-0.25, -0.2) is 4.79 Å². The predicted octanol–water partition coefficient (Wildman–Crippen LogP) is 3.36. The zero-order chi connectivity index (χ0) is 17.2. The van der Waals surface area contributed by atoms with Crippen LogP contribution in [0, 0.1) is 17.8 Å². The molecule has 5 atom stereocenters. The van der Waals surface area contributed by atoms with Gasteiger partial charge in [0.15, 0.2) is 0 Å². The van der Waals surface area contributed by atoms with Crippen LogP contribution >= 0.6 is 11.8 Å². The first-order valence-corrected chi connectivity index (χ1v) is 9.43. The van der Waals surface area contributed by atoms with Gasteiger partial charge in [-0.3, -0.25) is 4.79 Å². The zero-order valence-electron chi connectivity index (χ0n) is 14.7. The molecule has 0 aromatic rings. The van der Waals surface area contributed by atoms with Gasteiger partial charge in [0.25, 0.3) is 0 Å². The lowest BCUT2D eigenvalue weighted by Gasteiger charge is -2.45. The van der Waals surface area contributed by atoms with Crippen LogP contribution in [0.2, 0.25) is 0 Å². The largest absolute Gasteiger partial charge is 0.456 e. The maximum Gasteiger partial charge on any atom is 0.346 e. The molecular formula is C17H28O5S. The highest BCUT2D eigenvalue weighted by atomic mass is 32.2. The molecule has 0 spiro atoms. The molecule has 0 N–H and O–H groups in total. The first kappa shape index (κ1) is 18.6. The minimum Gasteiger partial charge on any atom is -0.456 e. The third-order valence-electron chi connectivity index (χ3n) is 4.80. The van der Waals surface area contributed by atoms with E-state index < -0.39 is 23.3 Å². The van der Waals surface area contributed by atoms with Crippen LogP contribution in [0.15, 0.2) is 0 Å². The van der Waals surface area contributed by atoms with Crippen molar-refractivity contribution in [2.45, 2.75) is 71.2 Å². The predicted molar refractivity (Wildman–Crippen MR) is 88.7 cm³/mol. The normalized spacial score (nSPS) is 37.7. The van der Waals surface area contributed by atoms with Crippen molar-refractivity contribution in [3.63, 3.8) is 0 Å². The van der Waals surface area contributed by atoms with Crippen LogP contribution in [0.1, 0.15) is 53.9 Å². The summed E-state index contributed by atoms with van der Waals surface area (Å²) in [5.74, 6) is 1.07. The average Bonchev–Trinajstić information content (AvgIpc) is 2.85. The Bertz CT molecular complexity index is 452. The quantitative estimate of drug-likeness (QED) is 0.729. The molecule has 1 aliphatic heterocycles. The minimum atomic E-state index is -0.707. The van der Waals surface area contributed by atoms with Gasteiger partial charge < -0.3 is 14.2 Å². The fraction of sp³-hybridized carbons (Fsp3) is 0.882. The Hall–Kier alpha value is -0.750. The lowest BCUT2D eigenvalue weighted by molar-refractivity contribution is -0.194. The summed E-state index contributed by atoms with van der Waals surface area (Å²) in [4.78, 5) is 23.5. The number of rotatable bonds is 4. The van der Waals surface area contributed by atoms with Crippen molar-refractivity contribution in [2.24, 2.45) is 17.8 Å². The van der Waals surface area contributed by atoms with E-state index in [2.05, 4.69) is 20.8 Å². The Kier molecular flexibility index (Phi) is 6.00. The number of carbonyl (C=O) groups is 2. The average molecular weight is 344 g/mol. The van der Waals surface area contributed by atoms with E-state index in [0.29, 0.717) is 23.5 Å². The van der Waals surface area contributed by atoms with E-state index >= 15 is 0 Å². The fourth-order valence-electron chi connectivity index (χ4n) is 3.90. The Balaban J connectivity index is 1.98. The summed E-state index contributed by atoms with van der Waals surface area (Å²) in [6.07, 6.45) is 2.48. The van der Waals surface area contributed by atoms with Gasteiger partial charge in [0, 0.05) is 12.8 Å². The van der Waals surface area contributed by atoms with Crippen LogP contribution in [-0.2, 0) is 23.8 Å². The molecule has 2 aliphatic rings. The number of ether oxygens (including phenoxy) is 3. The van der Waals surface area contributed by atoms with Crippen molar-refractivity contribution in [2.75, 3.05) is 5.75 Å². The van der Waals surface area contributed by atoms with Gasteiger partial charge >= 0.3 is 11.9 Å². The number of carbonyl (C=O) groups excluding carboxylic acids is 2. The first-order valence-electron chi connectivity index (χ1n) is 8.38. The zero-order valence-corrected chi connectivity index (χ0v) is 15.5. The molecule has 1 heterocycles. The third kappa shape index (κ3) is 4.63. The van der Waals surface area contributed by atoms with Crippen LogP contribution in [0.25, 0.3) is 0 Å². The second-order valence-electron chi connectivity index (χ2n) is 7.31. The van der Waals surface area contributed by atoms with Gasteiger partial charge in [0.1, 0.15) is 5.60 Å². The molecule has 1 saturated carbocycles. The number of hydrogen-bond acceptors (Lipinski definition) is 6. The van der Waals surface area contributed by atoms with Gasteiger partial charge in [-0.15, -0.1) is 11.8 Å². The molecule has 0 amide bonds. The summed E-state index contributed by atoms with van der Waals surface area (Å²) >= 11 is 1.32. The summed E-state index contributed by atoms with van der Waals surface area (Å²) in [6.45, 7) is 9.96. The van der Waals surface area contributed by atoms with Crippen LogP contribution in [0.4, 0.5) is 0 Å². The summed E-state index contributed by atoms with van der Waals surface area (Å²) in [6, 6.07) is 0. The first-order chi connectivity index (χ1) is 10.7. The molecule has 0 bridgehead atoms. The molecule has 0 radical (unpaired) electrons. The molecule has 23 heavy (non-hydrogen) atoms. The Morgan fingerprint density at radius 2 is 2.00 bits per heavy atom. The van der Waals surface area contributed by atoms with Gasteiger partial charge in [-0.1, -0.05) is 27.2 Å². The minimum absolute atomic E-state index is 0.355. The standard InChI is InChI=1S/C17H28O5S/c1-10(2)13-7-6-11(3)8-17(13,5)22-15(19)16-21-14(9-23-16)20-12(4)18/h10-11,13-14,16H,6-9H2,1-5H3/t11-,13+,14?,16+,17-/m1/s1. The topological polar surface area (TPSA) is 61.8 Å². The molecule has 6 heteroatoms. The second kappa shape index (κ2) is 7.43. The van der Waals surface area contributed by atoms with Crippen LogP contribution in [0.3, 0.4) is 0 Å². The highest BCUT2D eigenvalue weighted by Crippen LogP contribution is 2.44. The molecule has 0 aromatic carbocycles. The summed E-state index contributed by atoms with van der Waals surface area (Å²) in [5.41, 5.74) is -1.16. The molecule has 2 rings (SSSR count). The molecular weight excluding hydrogens is 316 g/mol. The third-order valence-corrected chi connectivity index (χ3v) is 5.87. The fourth-order valence-corrected chi connectivity index (χ4v) is 4.77. The van der Waals surface area contributed by atoms with E-state index in [-0.39, 0.29) is 5.97 Å². The smallest absolute Gasteiger partial charge is 0.346 e. The second-order valence-corrected chi connectivity index (χ2v) is 8.41.